The molecule has 144 valence electrons. The smallest absolute Gasteiger partial charge is 0.113 e. The Morgan fingerprint density at radius 1 is 1.04 bits per heavy atom. The summed E-state index contributed by atoms with van der Waals surface area (Å²) in [5.74, 6) is 2.57. The van der Waals surface area contributed by atoms with E-state index < -0.39 is 30.5 Å². The molecule has 0 amide bonds. The van der Waals surface area contributed by atoms with Crippen molar-refractivity contribution in [3.8, 4) is 18.4 Å². The van der Waals surface area contributed by atoms with Crippen molar-refractivity contribution in [2.75, 3.05) is 0 Å². The highest BCUT2D eigenvalue weighted by Gasteiger charge is 2.44. The molecule has 1 unspecified atom stereocenters. The summed E-state index contributed by atoms with van der Waals surface area (Å²) in [4.78, 5) is 0. The van der Waals surface area contributed by atoms with Crippen LogP contribution in [0, 0.1) is 23.7 Å². The minimum absolute atomic E-state index is 0.0938. The van der Waals surface area contributed by atoms with Crippen LogP contribution in [-0.4, -0.2) is 39.7 Å². The number of halogens is 1. The maximum atomic E-state index is 10.4. The van der Waals surface area contributed by atoms with E-state index in [1.807, 2.05) is 30.3 Å². The van der Waals surface area contributed by atoms with Crippen LogP contribution in [0.5, 0.6) is 0 Å². The fraction of sp³-hybridized carbons (Fsp3) is 0.318. The molecule has 2 aromatic carbocycles. The molecular formula is C22H20ClNO4. The van der Waals surface area contributed by atoms with Gasteiger partial charge in [-0.2, -0.15) is 5.26 Å². The van der Waals surface area contributed by atoms with Gasteiger partial charge in [-0.05, 0) is 41.3 Å². The van der Waals surface area contributed by atoms with Gasteiger partial charge in [0.25, 0.3) is 0 Å². The highest BCUT2D eigenvalue weighted by atomic mass is 35.5. The first-order valence-electron chi connectivity index (χ1n) is 8.85. The quantitative estimate of drug-likeness (QED) is 0.688. The second-order valence-electron chi connectivity index (χ2n) is 6.80. The van der Waals surface area contributed by atoms with Crippen molar-refractivity contribution in [2.24, 2.45) is 0 Å². The van der Waals surface area contributed by atoms with Gasteiger partial charge >= 0.3 is 0 Å². The van der Waals surface area contributed by atoms with E-state index in [0.29, 0.717) is 17.0 Å². The maximum absolute atomic E-state index is 10.4. The van der Waals surface area contributed by atoms with E-state index in [-0.39, 0.29) is 6.42 Å². The topological polar surface area (TPSA) is 93.7 Å². The van der Waals surface area contributed by atoms with Crippen LogP contribution in [-0.2, 0) is 11.2 Å². The Morgan fingerprint density at radius 2 is 1.75 bits per heavy atom. The van der Waals surface area contributed by atoms with E-state index in [1.54, 1.807) is 18.2 Å². The second-order valence-corrected chi connectivity index (χ2v) is 7.21. The lowest BCUT2D eigenvalue weighted by molar-refractivity contribution is -0.223. The number of nitriles is 1. The first-order valence-corrected chi connectivity index (χ1v) is 9.23. The predicted molar refractivity (Wildman–Crippen MR) is 104 cm³/mol. The van der Waals surface area contributed by atoms with Crippen LogP contribution in [0.4, 0.5) is 0 Å². The Hall–Kier alpha value is -2.38. The van der Waals surface area contributed by atoms with Gasteiger partial charge in [0, 0.05) is 10.6 Å². The van der Waals surface area contributed by atoms with Crippen LogP contribution >= 0.6 is 11.6 Å². The molecule has 3 rings (SSSR count). The monoisotopic (exact) mass is 397 g/mol. The SMILES string of the molecule is C#Cc1ccc(Cc2cc(C3O[C@H](CC#N)[C@@H](O)[C@H](O)[C@H]3O)ccc2Cl)cc1. The summed E-state index contributed by atoms with van der Waals surface area (Å²) in [5.41, 5.74) is 3.24. The van der Waals surface area contributed by atoms with Crippen LogP contribution in [0.1, 0.15) is 34.8 Å². The number of rotatable bonds is 4. The normalized spacial score (nSPS) is 27.0. The summed E-state index contributed by atoms with van der Waals surface area (Å²) in [6, 6.07) is 14.7. The molecule has 1 fully saturated rings. The molecule has 6 heteroatoms. The third-order valence-electron chi connectivity index (χ3n) is 4.92. The number of nitrogens with zero attached hydrogens (tertiary/aromatic N) is 1. The Kier molecular flexibility index (Phi) is 6.36. The predicted octanol–water partition coefficient (Wildman–Crippen LogP) is 2.35. The fourth-order valence-corrected chi connectivity index (χ4v) is 3.52. The lowest BCUT2D eigenvalue weighted by Gasteiger charge is -2.40. The van der Waals surface area contributed by atoms with E-state index in [1.165, 1.54) is 0 Å². The standard InChI is InChI=1S/C22H20ClNO4/c1-2-13-3-5-14(6-4-13)11-16-12-15(7-8-17(16)23)22-21(27)20(26)19(25)18(28-22)9-10-24/h1,3-8,12,18-22,25-27H,9,11H2/t18-,19-,20+,21-,22?/m1/s1. The molecule has 1 heterocycles. The van der Waals surface area contributed by atoms with Crippen molar-refractivity contribution >= 4 is 11.6 Å². The molecule has 5 atom stereocenters. The van der Waals surface area contributed by atoms with Crippen molar-refractivity contribution in [2.45, 2.75) is 43.4 Å². The molecule has 0 bridgehead atoms. The van der Waals surface area contributed by atoms with Gasteiger partial charge in [-0.3, -0.25) is 0 Å². The zero-order valence-corrected chi connectivity index (χ0v) is 15.8. The highest BCUT2D eigenvalue weighted by molar-refractivity contribution is 6.31. The van der Waals surface area contributed by atoms with Gasteiger partial charge in [0.05, 0.1) is 18.6 Å². The average molecular weight is 398 g/mol. The molecule has 2 aromatic rings. The molecule has 1 saturated heterocycles. The van der Waals surface area contributed by atoms with E-state index in [0.717, 1.165) is 16.7 Å². The Morgan fingerprint density at radius 3 is 2.39 bits per heavy atom. The molecule has 0 radical (unpaired) electrons. The lowest BCUT2D eigenvalue weighted by atomic mass is 9.89. The molecule has 0 aliphatic carbocycles. The Labute approximate surface area is 168 Å². The van der Waals surface area contributed by atoms with Crippen LogP contribution < -0.4 is 0 Å². The fourth-order valence-electron chi connectivity index (χ4n) is 3.33. The molecule has 0 spiro atoms. The Balaban J connectivity index is 1.87. The van der Waals surface area contributed by atoms with Gasteiger partial charge in [-0.25, -0.2) is 0 Å². The molecule has 0 aromatic heterocycles. The molecule has 5 nitrogen and oxygen atoms in total. The van der Waals surface area contributed by atoms with Crippen molar-refractivity contribution in [3.05, 3.63) is 69.7 Å². The largest absolute Gasteiger partial charge is 0.388 e. The molecular weight excluding hydrogens is 378 g/mol. The number of benzene rings is 2. The summed E-state index contributed by atoms with van der Waals surface area (Å²) < 4.78 is 5.74. The van der Waals surface area contributed by atoms with Crippen molar-refractivity contribution in [1.29, 1.82) is 5.26 Å². The number of ether oxygens (including phenoxy) is 1. The first kappa shape index (κ1) is 20.4. The molecule has 0 saturated carbocycles. The zero-order chi connectivity index (χ0) is 20.3. The molecule has 3 N–H and O–H groups in total. The minimum atomic E-state index is -1.41. The lowest BCUT2D eigenvalue weighted by Crippen LogP contribution is -2.54. The highest BCUT2D eigenvalue weighted by Crippen LogP contribution is 2.35. The summed E-state index contributed by atoms with van der Waals surface area (Å²) in [6.07, 6.45) is 0.00876. The second kappa shape index (κ2) is 8.75. The molecule has 1 aliphatic heterocycles. The average Bonchev–Trinajstić information content (AvgIpc) is 2.71. The number of aliphatic hydroxyl groups excluding tert-OH is 3. The van der Waals surface area contributed by atoms with Gasteiger partial charge in [0.2, 0.25) is 0 Å². The van der Waals surface area contributed by atoms with Crippen molar-refractivity contribution in [3.63, 3.8) is 0 Å². The number of terminal acetylenes is 1. The summed E-state index contributed by atoms with van der Waals surface area (Å²) in [7, 11) is 0. The number of aliphatic hydroxyl groups is 3. The third kappa shape index (κ3) is 4.20. The number of hydrogen-bond acceptors (Lipinski definition) is 5. The van der Waals surface area contributed by atoms with E-state index >= 15 is 0 Å². The van der Waals surface area contributed by atoms with Gasteiger partial charge in [-0.15, -0.1) is 6.42 Å². The van der Waals surface area contributed by atoms with Gasteiger partial charge in [-0.1, -0.05) is 41.8 Å². The maximum Gasteiger partial charge on any atom is 0.113 e. The van der Waals surface area contributed by atoms with Gasteiger partial charge < -0.3 is 20.1 Å². The first-order chi connectivity index (χ1) is 13.4. The minimum Gasteiger partial charge on any atom is -0.388 e. The van der Waals surface area contributed by atoms with E-state index in [4.69, 9.17) is 28.0 Å². The summed E-state index contributed by atoms with van der Waals surface area (Å²) in [5, 5.41) is 40.0. The molecule has 28 heavy (non-hydrogen) atoms. The van der Waals surface area contributed by atoms with E-state index in [2.05, 4.69) is 5.92 Å². The summed E-state index contributed by atoms with van der Waals surface area (Å²) in [6.45, 7) is 0. The van der Waals surface area contributed by atoms with Crippen LogP contribution in [0.15, 0.2) is 42.5 Å². The van der Waals surface area contributed by atoms with E-state index in [9.17, 15) is 15.3 Å². The van der Waals surface area contributed by atoms with Crippen LogP contribution in [0.3, 0.4) is 0 Å². The van der Waals surface area contributed by atoms with Gasteiger partial charge in [0.1, 0.15) is 24.4 Å². The Bertz CT molecular complexity index is 916. The van der Waals surface area contributed by atoms with Crippen molar-refractivity contribution in [1.82, 2.24) is 0 Å². The number of hydrogen-bond donors (Lipinski definition) is 3. The molecule has 1 aliphatic rings. The third-order valence-corrected chi connectivity index (χ3v) is 5.29. The van der Waals surface area contributed by atoms with Crippen molar-refractivity contribution < 1.29 is 20.1 Å². The van der Waals surface area contributed by atoms with Gasteiger partial charge in [0.15, 0.2) is 0 Å². The zero-order valence-electron chi connectivity index (χ0n) is 15.0. The van der Waals surface area contributed by atoms with Crippen LogP contribution in [0.25, 0.3) is 0 Å². The van der Waals surface area contributed by atoms with Crippen LogP contribution in [0.2, 0.25) is 5.02 Å². The summed E-state index contributed by atoms with van der Waals surface area (Å²) >= 11 is 6.34.